The van der Waals surface area contributed by atoms with Gasteiger partial charge in [0.1, 0.15) is 5.75 Å². The summed E-state index contributed by atoms with van der Waals surface area (Å²) in [6.45, 7) is 5.91. The van der Waals surface area contributed by atoms with E-state index in [0.717, 1.165) is 5.56 Å². The van der Waals surface area contributed by atoms with Crippen LogP contribution in [0.3, 0.4) is 0 Å². The third-order valence-corrected chi connectivity index (χ3v) is 4.35. The number of Topliss-reactive ketones (excluding diaryl/α,β-unsaturated/α-hetero) is 1. The van der Waals surface area contributed by atoms with E-state index in [4.69, 9.17) is 16.3 Å². The number of ether oxygens (including phenoxy) is 1. The third kappa shape index (κ3) is 5.60. The van der Waals surface area contributed by atoms with Crippen LogP contribution in [0.1, 0.15) is 43.1 Å². The van der Waals surface area contributed by atoms with Gasteiger partial charge in [-0.15, -0.1) is 0 Å². The summed E-state index contributed by atoms with van der Waals surface area (Å²) in [7, 11) is 0. The summed E-state index contributed by atoms with van der Waals surface area (Å²) in [4.78, 5) is 23.9. The zero-order valence-electron chi connectivity index (χ0n) is 15.3. The molecule has 0 spiro atoms. The maximum Gasteiger partial charge on any atom is 0.251 e. The van der Waals surface area contributed by atoms with Crippen LogP contribution in [-0.4, -0.2) is 23.8 Å². The lowest BCUT2D eigenvalue weighted by molar-refractivity contribution is -0.131. The van der Waals surface area contributed by atoms with Crippen molar-refractivity contribution in [1.29, 1.82) is 0 Å². The van der Waals surface area contributed by atoms with E-state index in [2.05, 4.69) is 5.32 Å². The van der Waals surface area contributed by atoms with Gasteiger partial charge < -0.3 is 10.1 Å². The van der Waals surface area contributed by atoms with E-state index < -0.39 is 5.60 Å². The average molecular weight is 374 g/mol. The first-order valence-electron chi connectivity index (χ1n) is 8.67. The van der Waals surface area contributed by atoms with Gasteiger partial charge in [0.25, 0.3) is 5.91 Å². The molecule has 26 heavy (non-hydrogen) atoms. The number of benzene rings is 2. The minimum absolute atomic E-state index is 0.0616. The van der Waals surface area contributed by atoms with Crippen LogP contribution in [0.25, 0.3) is 0 Å². The van der Waals surface area contributed by atoms with Gasteiger partial charge in [0.15, 0.2) is 11.4 Å². The van der Waals surface area contributed by atoms with Crippen molar-refractivity contribution in [3.05, 3.63) is 64.7 Å². The van der Waals surface area contributed by atoms with Crippen LogP contribution in [0.2, 0.25) is 5.02 Å². The van der Waals surface area contributed by atoms with Crippen LogP contribution in [0, 0.1) is 0 Å². The Balaban J connectivity index is 1.84. The van der Waals surface area contributed by atoms with Gasteiger partial charge in [-0.1, -0.05) is 30.7 Å². The number of amides is 1. The van der Waals surface area contributed by atoms with E-state index in [-0.39, 0.29) is 11.7 Å². The van der Waals surface area contributed by atoms with Gasteiger partial charge in [-0.25, -0.2) is 0 Å². The van der Waals surface area contributed by atoms with Crippen LogP contribution in [0.5, 0.6) is 5.75 Å². The van der Waals surface area contributed by atoms with E-state index >= 15 is 0 Å². The second kappa shape index (κ2) is 8.86. The Kier molecular flexibility index (Phi) is 6.81. The Bertz CT molecular complexity index is 752. The Labute approximate surface area is 159 Å². The Morgan fingerprint density at radius 3 is 2.23 bits per heavy atom. The smallest absolute Gasteiger partial charge is 0.251 e. The SMILES string of the molecule is CCC(=O)C(C)(C)Oc1ccc(CCNC(=O)c2ccc(Cl)cc2)cc1. The normalized spacial score (nSPS) is 11.1. The van der Waals surface area contributed by atoms with E-state index in [1.807, 2.05) is 31.2 Å². The lowest BCUT2D eigenvalue weighted by Gasteiger charge is -2.24. The Morgan fingerprint density at radius 1 is 1.04 bits per heavy atom. The molecule has 0 aliphatic rings. The van der Waals surface area contributed by atoms with Crippen molar-refractivity contribution in [3.8, 4) is 5.75 Å². The molecule has 1 amide bonds. The highest BCUT2D eigenvalue weighted by atomic mass is 35.5. The highest BCUT2D eigenvalue weighted by molar-refractivity contribution is 6.30. The molecule has 138 valence electrons. The summed E-state index contributed by atoms with van der Waals surface area (Å²) in [5.41, 5.74) is 0.831. The molecule has 0 unspecified atom stereocenters. The predicted octanol–water partition coefficient (Wildman–Crippen LogP) is 4.45. The van der Waals surface area contributed by atoms with Crippen LogP contribution in [-0.2, 0) is 11.2 Å². The molecule has 5 heteroatoms. The van der Waals surface area contributed by atoms with Crippen molar-refractivity contribution in [2.75, 3.05) is 6.54 Å². The second-order valence-corrected chi connectivity index (χ2v) is 6.98. The van der Waals surface area contributed by atoms with Crippen LogP contribution in [0.4, 0.5) is 0 Å². The first kappa shape index (κ1) is 20.0. The van der Waals surface area contributed by atoms with Crippen LogP contribution >= 0.6 is 11.6 Å². The largest absolute Gasteiger partial charge is 0.480 e. The van der Waals surface area contributed by atoms with Crippen molar-refractivity contribution < 1.29 is 14.3 Å². The number of carbonyl (C=O) groups excluding carboxylic acids is 2. The molecular formula is C21H24ClNO3. The fourth-order valence-corrected chi connectivity index (χ4v) is 2.65. The van der Waals surface area contributed by atoms with Crippen molar-refractivity contribution in [1.82, 2.24) is 5.32 Å². The molecule has 0 fully saturated rings. The molecule has 0 aromatic heterocycles. The second-order valence-electron chi connectivity index (χ2n) is 6.55. The van der Waals surface area contributed by atoms with Gasteiger partial charge in [-0.05, 0) is 62.2 Å². The molecule has 0 heterocycles. The Morgan fingerprint density at radius 2 is 1.65 bits per heavy atom. The van der Waals surface area contributed by atoms with Crippen molar-refractivity contribution in [2.45, 2.75) is 39.2 Å². The molecule has 2 aromatic carbocycles. The summed E-state index contributed by atoms with van der Waals surface area (Å²) in [6, 6.07) is 14.4. The number of hydrogen-bond acceptors (Lipinski definition) is 3. The lowest BCUT2D eigenvalue weighted by atomic mass is 10.0. The van der Waals surface area contributed by atoms with Gasteiger partial charge in [-0.2, -0.15) is 0 Å². The van der Waals surface area contributed by atoms with Crippen molar-refractivity contribution in [2.24, 2.45) is 0 Å². The van der Waals surface area contributed by atoms with Crippen LogP contribution < -0.4 is 10.1 Å². The molecule has 1 N–H and O–H groups in total. The highest BCUT2D eigenvalue weighted by Gasteiger charge is 2.27. The van der Waals surface area contributed by atoms with Crippen molar-refractivity contribution in [3.63, 3.8) is 0 Å². The average Bonchev–Trinajstić information content (AvgIpc) is 2.62. The molecule has 0 bridgehead atoms. The molecule has 0 saturated carbocycles. The monoisotopic (exact) mass is 373 g/mol. The number of carbonyl (C=O) groups is 2. The maximum absolute atomic E-state index is 12.0. The van der Waals surface area contributed by atoms with Gasteiger partial charge in [0, 0.05) is 23.6 Å². The number of rotatable bonds is 8. The van der Waals surface area contributed by atoms with E-state index in [1.165, 1.54) is 0 Å². The number of nitrogens with one attached hydrogen (secondary N) is 1. The third-order valence-electron chi connectivity index (χ3n) is 4.09. The zero-order chi connectivity index (χ0) is 19.2. The first-order valence-corrected chi connectivity index (χ1v) is 9.04. The van der Waals surface area contributed by atoms with E-state index in [0.29, 0.717) is 35.7 Å². The number of halogens is 1. The van der Waals surface area contributed by atoms with E-state index in [1.54, 1.807) is 38.1 Å². The molecule has 4 nitrogen and oxygen atoms in total. The lowest BCUT2D eigenvalue weighted by Crippen LogP contribution is -2.37. The molecule has 0 saturated heterocycles. The van der Waals surface area contributed by atoms with Gasteiger partial charge in [-0.3, -0.25) is 9.59 Å². The quantitative estimate of drug-likeness (QED) is 0.743. The standard InChI is InChI=1S/C21H24ClNO3/c1-4-19(24)21(2,3)26-18-11-5-15(6-12-18)13-14-23-20(25)16-7-9-17(22)10-8-16/h5-12H,4,13-14H2,1-3H3,(H,23,25). The predicted molar refractivity (Wildman–Crippen MR) is 104 cm³/mol. The topological polar surface area (TPSA) is 55.4 Å². The van der Waals surface area contributed by atoms with E-state index in [9.17, 15) is 9.59 Å². The number of hydrogen-bond donors (Lipinski definition) is 1. The minimum Gasteiger partial charge on any atom is -0.480 e. The molecule has 0 radical (unpaired) electrons. The molecular weight excluding hydrogens is 350 g/mol. The summed E-state index contributed by atoms with van der Waals surface area (Å²) in [6.07, 6.45) is 1.15. The summed E-state index contributed by atoms with van der Waals surface area (Å²) >= 11 is 5.82. The Hall–Kier alpha value is -2.33. The van der Waals surface area contributed by atoms with Gasteiger partial charge in [0.2, 0.25) is 0 Å². The van der Waals surface area contributed by atoms with Crippen molar-refractivity contribution >= 4 is 23.3 Å². The molecule has 0 aliphatic carbocycles. The first-order chi connectivity index (χ1) is 12.3. The molecule has 2 rings (SSSR count). The maximum atomic E-state index is 12.0. The minimum atomic E-state index is -0.831. The molecule has 0 aliphatic heterocycles. The molecule has 0 atom stereocenters. The molecule has 2 aromatic rings. The van der Waals surface area contributed by atoms with Gasteiger partial charge >= 0.3 is 0 Å². The fourth-order valence-electron chi connectivity index (χ4n) is 2.53. The summed E-state index contributed by atoms with van der Waals surface area (Å²) in [5.74, 6) is 0.596. The number of ketones is 1. The fraction of sp³-hybridized carbons (Fsp3) is 0.333. The van der Waals surface area contributed by atoms with Crippen LogP contribution in [0.15, 0.2) is 48.5 Å². The zero-order valence-corrected chi connectivity index (χ0v) is 16.1. The highest BCUT2D eigenvalue weighted by Crippen LogP contribution is 2.21. The van der Waals surface area contributed by atoms with Gasteiger partial charge in [0.05, 0.1) is 0 Å². The summed E-state index contributed by atoms with van der Waals surface area (Å²) in [5, 5.41) is 3.49. The summed E-state index contributed by atoms with van der Waals surface area (Å²) < 4.78 is 5.79.